The monoisotopic (exact) mass is 287 g/mol. The molecule has 0 spiro atoms. The molecule has 2 aromatic heterocycles. The van der Waals surface area contributed by atoms with E-state index in [0.717, 1.165) is 5.69 Å². The summed E-state index contributed by atoms with van der Waals surface area (Å²) in [7, 11) is 1.87. The number of pyridine rings is 1. The molecule has 17 heavy (non-hydrogen) atoms. The quantitative estimate of drug-likeness (QED) is 0.346. The first-order chi connectivity index (χ1) is 7.68. The first-order valence-electron chi connectivity index (χ1n) is 4.48. The van der Waals surface area contributed by atoms with E-state index in [9.17, 15) is 0 Å². The van der Waals surface area contributed by atoms with Gasteiger partial charge in [-0.05, 0) is 11.8 Å². The fraction of sp³-hybridized carbons (Fsp3) is 0.0909. The first kappa shape index (κ1) is 15.1. The fourth-order valence-corrected chi connectivity index (χ4v) is 1.43. The third kappa shape index (κ3) is 3.76. The van der Waals surface area contributed by atoms with E-state index in [0.29, 0.717) is 15.6 Å². The van der Waals surface area contributed by atoms with Gasteiger partial charge in [0.25, 0.3) is 0 Å². The molecule has 0 aliphatic carbocycles. The van der Waals surface area contributed by atoms with Gasteiger partial charge in [-0.1, -0.05) is 17.7 Å². The summed E-state index contributed by atoms with van der Waals surface area (Å²) in [6, 6.07) is 1.67. The molecule has 0 amide bonds. The SMILES string of the molecule is Cn1cncc1C#Cc1nccc([S-])c1Cl.[K+]. The predicted molar refractivity (Wildman–Crippen MR) is 64.1 cm³/mol. The van der Waals surface area contributed by atoms with Crippen LogP contribution in [0.2, 0.25) is 5.02 Å². The Morgan fingerprint density at radius 2 is 2.18 bits per heavy atom. The molecule has 0 fully saturated rings. The maximum atomic E-state index is 5.98. The summed E-state index contributed by atoms with van der Waals surface area (Å²) in [6.07, 6.45) is 4.96. The molecule has 2 aromatic rings. The Balaban J connectivity index is 0.00000144. The summed E-state index contributed by atoms with van der Waals surface area (Å²) in [5, 5.41) is 0.423. The second-order valence-electron chi connectivity index (χ2n) is 3.11. The molecule has 2 rings (SSSR count). The molecule has 0 saturated carbocycles. The smallest absolute Gasteiger partial charge is 0.778 e. The molecule has 80 valence electrons. The molecule has 0 aliphatic rings. The van der Waals surface area contributed by atoms with Crippen LogP contribution in [0.15, 0.2) is 29.7 Å². The van der Waals surface area contributed by atoms with E-state index in [1.807, 2.05) is 11.6 Å². The van der Waals surface area contributed by atoms with E-state index in [1.165, 1.54) is 0 Å². The van der Waals surface area contributed by atoms with Gasteiger partial charge in [0.2, 0.25) is 0 Å². The number of hydrogen-bond donors (Lipinski definition) is 0. The van der Waals surface area contributed by atoms with E-state index in [1.54, 1.807) is 24.8 Å². The van der Waals surface area contributed by atoms with Gasteiger partial charge in [-0.2, -0.15) is 4.90 Å². The number of rotatable bonds is 0. The minimum atomic E-state index is 0. The summed E-state index contributed by atoms with van der Waals surface area (Å²) in [5.41, 5.74) is 1.29. The standard InChI is InChI=1S/C11H8ClN3S.K/c1-15-7-13-6-8(15)2-3-9-11(12)10(16)4-5-14-9;/h4-7H,1H3,(H,14,16);/q;+1/p-1. The molecule has 0 atom stereocenters. The molecular formula is C11H7ClKN3S. The fourth-order valence-electron chi connectivity index (χ4n) is 1.11. The molecule has 3 nitrogen and oxygen atoms in total. The van der Waals surface area contributed by atoms with Gasteiger partial charge in [-0.25, -0.2) is 9.97 Å². The Hall–Kier alpha value is 0.0664. The molecule has 0 unspecified atom stereocenters. The van der Waals surface area contributed by atoms with E-state index in [2.05, 4.69) is 21.8 Å². The van der Waals surface area contributed by atoms with Crippen LogP contribution in [0.25, 0.3) is 0 Å². The zero-order chi connectivity index (χ0) is 11.5. The van der Waals surface area contributed by atoms with Crippen molar-refractivity contribution in [3.05, 3.63) is 41.2 Å². The number of aryl methyl sites for hydroxylation is 1. The zero-order valence-electron chi connectivity index (χ0n) is 9.44. The number of imidazole rings is 1. The Morgan fingerprint density at radius 3 is 2.82 bits per heavy atom. The average Bonchev–Trinajstić information content (AvgIpc) is 2.67. The Kier molecular flexibility index (Phi) is 6.10. The molecule has 0 N–H and O–H groups in total. The second kappa shape index (κ2) is 6.85. The average molecular weight is 288 g/mol. The molecule has 0 radical (unpaired) electrons. The van der Waals surface area contributed by atoms with Gasteiger partial charge in [-0.15, -0.1) is 0 Å². The van der Waals surface area contributed by atoms with Crippen molar-refractivity contribution in [2.24, 2.45) is 7.05 Å². The Labute approximate surface area is 153 Å². The molecular weight excluding hydrogens is 281 g/mol. The van der Waals surface area contributed by atoms with E-state index in [4.69, 9.17) is 24.2 Å². The van der Waals surface area contributed by atoms with Crippen LogP contribution >= 0.6 is 11.6 Å². The molecule has 2 heterocycles. The van der Waals surface area contributed by atoms with Crippen LogP contribution in [0.3, 0.4) is 0 Å². The molecule has 0 bridgehead atoms. The largest absolute Gasteiger partial charge is 1.00 e. The maximum absolute atomic E-state index is 5.98. The van der Waals surface area contributed by atoms with Crippen LogP contribution < -0.4 is 51.4 Å². The summed E-state index contributed by atoms with van der Waals surface area (Å²) < 4.78 is 1.82. The van der Waals surface area contributed by atoms with E-state index in [-0.39, 0.29) is 51.4 Å². The third-order valence-corrected chi connectivity index (χ3v) is 2.81. The molecule has 6 heteroatoms. The zero-order valence-corrected chi connectivity index (χ0v) is 14.1. The summed E-state index contributed by atoms with van der Waals surface area (Å²) in [5.74, 6) is 5.81. The number of aromatic nitrogens is 3. The number of nitrogens with zero attached hydrogens (tertiary/aromatic N) is 3. The van der Waals surface area contributed by atoms with Crippen molar-refractivity contribution in [2.75, 3.05) is 0 Å². The summed E-state index contributed by atoms with van der Waals surface area (Å²) >= 11 is 11.0. The predicted octanol–water partition coefficient (Wildman–Crippen LogP) is -1.22. The number of hydrogen-bond acceptors (Lipinski definition) is 3. The van der Waals surface area contributed by atoms with Crippen LogP contribution in [-0.2, 0) is 19.7 Å². The van der Waals surface area contributed by atoms with Crippen molar-refractivity contribution >= 4 is 24.2 Å². The van der Waals surface area contributed by atoms with Crippen molar-refractivity contribution in [3.63, 3.8) is 0 Å². The van der Waals surface area contributed by atoms with Gasteiger partial charge < -0.3 is 17.2 Å². The van der Waals surface area contributed by atoms with Crippen LogP contribution in [0.5, 0.6) is 0 Å². The van der Waals surface area contributed by atoms with Crippen molar-refractivity contribution in [3.8, 4) is 11.8 Å². The van der Waals surface area contributed by atoms with Crippen molar-refractivity contribution < 1.29 is 51.4 Å². The minimum absolute atomic E-state index is 0. The summed E-state index contributed by atoms with van der Waals surface area (Å²) in [4.78, 5) is 8.59. The van der Waals surface area contributed by atoms with Crippen molar-refractivity contribution in [1.82, 2.24) is 14.5 Å². The normalized spacial score (nSPS) is 9.06. The minimum Gasteiger partial charge on any atom is -0.778 e. The van der Waals surface area contributed by atoms with Gasteiger partial charge in [-0.3, -0.25) is 0 Å². The van der Waals surface area contributed by atoms with Crippen LogP contribution in [0.4, 0.5) is 0 Å². The van der Waals surface area contributed by atoms with E-state index >= 15 is 0 Å². The first-order valence-corrected chi connectivity index (χ1v) is 5.27. The maximum Gasteiger partial charge on any atom is 1.00 e. The van der Waals surface area contributed by atoms with Crippen molar-refractivity contribution in [1.29, 1.82) is 0 Å². The Bertz CT molecular complexity index is 586. The topological polar surface area (TPSA) is 30.7 Å². The summed E-state index contributed by atoms with van der Waals surface area (Å²) in [6.45, 7) is 0. The second-order valence-corrected chi connectivity index (χ2v) is 3.93. The van der Waals surface area contributed by atoms with Gasteiger partial charge in [0.1, 0.15) is 11.4 Å². The van der Waals surface area contributed by atoms with Crippen LogP contribution in [0, 0.1) is 11.8 Å². The third-order valence-electron chi connectivity index (χ3n) is 1.98. The number of halogens is 1. The van der Waals surface area contributed by atoms with Crippen LogP contribution in [0.1, 0.15) is 11.4 Å². The van der Waals surface area contributed by atoms with E-state index < -0.39 is 0 Å². The molecule has 0 aromatic carbocycles. The Morgan fingerprint density at radius 1 is 1.41 bits per heavy atom. The van der Waals surface area contributed by atoms with Gasteiger partial charge in [0.15, 0.2) is 0 Å². The van der Waals surface area contributed by atoms with Gasteiger partial charge >= 0.3 is 51.4 Å². The van der Waals surface area contributed by atoms with Crippen molar-refractivity contribution in [2.45, 2.75) is 4.90 Å². The van der Waals surface area contributed by atoms with Crippen LogP contribution in [-0.4, -0.2) is 14.5 Å². The van der Waals surface area contributed by atoms with Gasteiger partial charge in [0, 0.05) is 13.2 Å². The molecule has 0 saturated heterocycles. The molecule has 0 aliphatic heterocycles. The van der Waals surface area contributed by atoms with Gasteiger partial charge in [0.05, 0.1) is 17.5 Å².